The van der Waals surface area contributed by atoms with Crippen molar-refractivity contribution < 1.29 is 35.9 Å². The lowest BCUT2D eigenvalue weighted by atomic mass is 9.86. The second-order valence-electron chi connectivity index (χ2n) is 8.84. The number of likely N-dealkylation sites (tertiary alicyclic amines) is 1. The zero-order chi connectivity index (χ0) is 26.2. The molecule has 1 N–H and O–H groups in total. The average Bonchev–Trinajstić information content (AvgIpc) is 3.22. The van der Waals surface area contributed by atoms with Crippen LogP contribution in [0.5, 0.6) is 5.75 Å². The molecule has 11 heteroatoms. The fourth-order valence-electron chi connectivity index (χ4n) is 4.46. The van der Waals surface area contributed by atoms with Crippen molar-refractivity contribution >= 4 is 28.5 Å². The number of methoxy groups -OCH3 is 1. The first-order valence-electron chi connectivity index (χ1n) is 10.8. The Kier molecular flexibility index (Phi) is 8.00. The fourth-order valence-corrected chi connectivity index (χ4v) is 5.89. The highest BCUT2D eigenvalue weighted by molar-refractivity contribution is 14.1. The van der Waals surface area contributed by atoms with E-state index in [1.54, 1.807) is 30.3 Å². The van der Waals surface area contributed by atoms with Crippen molar-refractivity contribution in [1.29, 1.82) is 0 Å². The molecular formula is C24H25F6IN2O2. The summed E-state index contributed by atoms with van der Waals surface area (Å²) in [6.07, 6.45) is -8.43. The molecule has 0 saturated carbocycles. The molecule has 1 heterocycles. The van der Waals surface area contributed by atoms with Gasteiger partial charge in [0, 0.05) is 5.54 Å². The monoisotopic (exact) mass is 614 g/mol. The third kappa shape index (κ3) is 5.87. The third-order valence-corrected chi connectivity index (χ3v) is 7.51. The third-order valence-electron chi connectivity index (χ3n) is 6.22. The van der Waals surface area contributed by atoms with Gasteiger partial charge in [0.15, 0.2) is 0 Å². The highest BCUT2D eigenvalue weighted by Gasteiger charge is 2.45. The Morgan fingerprint density at radius 3 is 2.20 bits per heavy atom. The lowest BCUT2D eigenvalue weighted by Gasteiger charge is -2.44. The van der Waals surface area contributed by atoms with Crippen molar-refractivity contribution in [2.24, 2.45) is 0 Å². The molecular weight excluding hydrogens is 589 g/mol. The minimum atomic E-state index is -5.22. The van der Waals surface area contributed by atoms with Gasteiger partial charge in [-0.3, -0.25) is 9.69 Å². The van der Waals surface area contributed by atoms with Gasteiger partial charge in [-0.15, -0.1) is 0 Å². The number of hydrogen-bond donors (Lipinski definition) is 1. The first kappa shape index (κ1) is 27.6. The molecule has 192 valence electrons. The predicted octanol–water partition coefficient (Wildman–Crippen LogP) is 6.84. The molecule has 1 fully saturated rings. The van der Waals surface area contributed by atoms with Crippen molar-refractivity contribution in [3.8, 4) is 5.75 Å². The highest BCUT2D eigenvalue weighted by Crippen LogP contribution is 2.43. The van der Waals surface area contributed by atoms with Crippen LogP contribution in [0.4, 0.5) is 26.3 Å². The summed E-state index contributed by atoms with van der Waals surface area (Å²) in [6.45, 7) is 4.50. The number of rotatable bonds is 6. The van der Waals surface area contributed by atoms with Crippen molar-refractivity contribution in [2.45, 2.75) is 54.7 Å². The second kappa shape index (κ2) is 10.2. The first-order chi connectivity index (χ1) is 16.2. The van der Waals surface area contributed by atoms with Crippen LogP contribution in [-0.2, 0) is 12.4 Å². The van der Waals surface area contributed by atoms with E-state index in [4.69, 9.17) is 4.74 Å². The van der Waals surface area contributed by atoms with Crippen LogP contribution in [0.25, 0.3) is 0 Å². The van der Waals surface area contributed by atoms with Gasteiger partial charge in [0.2, 0.25) is 0 Å². The minimum absolute atomic E-state index is 0.0541. The smallest absolute Gasteiger partial charge is 0.417 e. The number of halogens is 7. The van der Waals surface area contributed by atoms with E-state index in [0.717, 1.165) is 26.5 Å². The van der Waals surface area contributed by atoms with Gasteiger partial charge in [-0.25, -0.2) is 0 Å². The van der Waals surface area contributed by atoms with Crippen LogP contribution < -0.4 is 10.1 Å². The number of carbonyl (C=O) groups is 1. The van der Waals surface area contributed by atoms with Crippen LogP contribution in [0.3, 0.4) is 0 Å². The van der Waals surface area contributed by atoms with Crippen molar-refractivity contribution in [3.05, 3.63) is 64.7 Å². The second-order valence-corrected chi connectivity index (χ2v) is 10.3. The normalized spacial score (nSPS) is 18.4. The van der Waals surface area contributed by atoms with Gasteiger partial charge < -0.3 is 10.1 Å². The van der Waals surface area contributed by atoms with E-state index in [1.807, 2.05) is 13.8 Å². The summed E-state index contributed by atoms with van der Waals surface area (Å²) in [5.74, 6) is -1.98. The number of amides is 1. The summed E-state index contributed by atoms with van der Waals surface area (Å²) in [5, 5.41) is 2.69. The number of carbonyl (C=O) groups excluding carboxylic acids is 1. The molecule has 2 atom stereocenters. The molecule has 2 unspecified atom stereocenters. The van der Waals surface area contributed by atoms with Gasteiger partial charge >= 0.3 is 12.4 Å². The molecule has 4 nitrogen and oxygen atoms in total. The topological polar surface area (TPSA) is 41.6 Å². The summed E-state index contributed by atoms with van der Waals surface area (Å²) in [7, 11) is 0.927. The van der Waals surface area contributed by atoms with Gasteiger partial charge in [-0.1, -0.05) is 52.9 Å². The van der Waals surface area contributed by atoms with Crippen LogP contribution >= 0.6 is 22.6 Å². The Morgan fingerprint density at radius 2 is 1.71 bits per heavy atom. The summed E-state index contributed by atoms with van der Waals surface area (Å²) in [5.41, 5.74) is -4.32. The maximum Gasteiger partial charge on any atom is 0.417 e. The Bertz CT molecular complexity index is 1060. The maximum absolute atomic E-state index is 13.9. The molecule has 1 saturated heterocycles. The van der Waals surface area contributed by atoms with E-state index in [9.17, 15) is 31.1 Å². The van der Waals surface area contributed by atoms with Gasteiger partial charge in [0.1, 0.15) is 5.75 Å². The molecule has 3 rings (SSSR count). The lowest BCUT2D eigenvalue weighted by molar-refractivity contribution is -0.143. The molecule has 1 aliphatic rings. The van der Waals surface area contributed by atoms with Crippen LogP contribution in [0.2, 0.25) is 0 Å². The van der Waals surface area contributed by atoms with E-state index >= 15 is 0 Å². The van der Waals surface area contributed by atoms with Gasteiger partial charge in [0.05, 0.1) is 33.9 Å². The molecule has 0 radical (unpaired) electrons. The van der Waals surface area contributed by atoms with E-state index in [1.165, 1.54) is 0 Å². The van der Waals surface area contributed by atoms with E-state index in [2.05, 4.69) is 32.8 Å². The van der Waals surface area contributed by atoms with Gasteiger partial charge in [-0.2, -0.15) is 26.3 Å². The van der Waals surface area contributed by atoms with Crippen LogP contribution in [0.1, 0.15) is 59.8 Å². The number of nitrogens with zero attached hydrogens (tertiary/aromatic N) is 1. The summed E-state index contributed by atoms with van der Waals surface area (Å²) < 4.78 is 86.4. The molecule has 0 aromatic heterocycles. The summed E-state index contributed by atoms with van der Waals surface area (Å²) in [6, 6.07) is 8.35. The van der Waals surface area contributed by atoms with Crippen LogP contribution in [-0.4, -0.2) is 34.0 Å². The molecule has 2 aromatic rings. The average molecular weight is 614 g/mol. The zero-order valence-electron chi connectivity index (χ0n) is 19.2. The zero-order valence-corrected chi connectivity index (χ0v) is 21.4. The molecule has 1 amide bonds. The Hall–Kier alpha value is -2.02. The molecule has 35 heavy (non-hydrogen) atoms. The highest BCUT2D eigenvalue weighted by atomic mass is 127. The molecule has 0 spiro atoms. The van der Waals surface area contributed by atoms with Gasteiger partial charge in [0.25, 0.3) is 5.91 Å². The summed E-state index contributed by atoms with van der Waals surface area (Å²) >= 11 is 2.29. The van der Waals surface area contributed by atoms with E-state index in [-0.39, 0.29) is 10.1 Å². The fraction of sp³-hybridized carbons (Fsp3) is 0.458. The number of benzene rings is 2. The quantitative estimate of drug-likeness (QED) is 0.168. The van der Waals surface area contributed by atoms with Crippen molar-refractivity contribution in [2.75, 3.05) is 13.7 Å². The van der Waals surface area contributed by atoms with Gasteiger partial charge in [-0.05, 0) is 50.9 Å². The molecule has 0 aliphatic carbocycles. The number of ether oxygens (including phenoxy) is 1. The predicted molar refractivity (Wildman–Crippen MR) is 127 cm³/mol. The Labute approximate surface area is 213 Å². The van der Waals surface area contributed by atoms with Crippen molar-refractivity contribution in [1.82, 2.24) is 10.2 Å². The Balaban J connectivity index is 2.12. The minimum Gasteiger partial charge on any atom is -0.496 e. The lowest BCUT2D eigenvalue weighted by Crippen LogP contribution is -2.54. The van der Waals surface area contributed by atoms with E-state index < -0.39 is 52.3 Å². The van der Waals surface area contributed by atoms with Crippen LogP contribution in [0, 0.1) is 0 Å². The van der Waals surface area contributed by atoms with E-state index in [0.29, 0.717) is 11.6 Å². The Morgan fingerprint density at radius 1 is 1.09 bits per heavy atom. The summed E-state index contributed by atoms with van der Waals surface area (Å²) in [4.78, 5) is 15.6. The number of alkyl halides is 7. The molecule has 1 aliphatic heterocycles. The maximum atomic E-state index is 13.9. The molecule has 0 bridgehead atoms. The van der Waals surface area contributed by atoms with Crippen molar-refractivity contribution in [3.63, 3.8) is 0 Å². The number of nitrogens with one attached hydrogen (secondary N) is 1. The SMILES string of the molecule is COc1cc(C(F)(F)F)cc(C(F)(F)F)c1C(=O)NC(c1ccccc1)C(C)(C)N1CCCC1I. The standard InChI is InChI=1S/C24H25F6IN2O2/c1-22(2,33-11-7-10-18(33)31)20(14-8-5-4-6-9-14)32-21(34)19-16(24(28,29)30)12-15(23(25,26)27)13-17(19)35-3/h4-6,8-9,12-13,18,20H,7,10-11H2,1-3H3,(H,32,34). The van der Waals surface area contributed by atoms with Crippen LogP contribution in [0.15, 0.2) is 42.5 Å². The largest absolute Gasteiger partial charge is 0.496 e. The number of hydrogen-bond acceptors (Lipinski definition) is 3. The first-order valence-corrected chi connectivity index (χ1v) is 12.1. The molecule has 2 aromatic carbocycles.